The van der Waals surface area contributed by atoms with E-state index in [0.717, 1.165) is 6.26 Å². The van der Waals surface area contributed by atoms with E-state index >= 15 is 0 Å². The Labute approximate surface area is 195 Å². The lowest BCUT2D eigenvalue weighted by Gasteiger charge is -2.34. The maximum absolute atomic E-state index is 12.5. The van der Waals surface area contributed by atoms with Crippen molar-refractivity contribution in [1.29, 1.82) is 5.26 Å². The first-order valence-electron chi connectivity index (χ1n) is 9.96. The van der Waals surface area contributed by atoms with E-state index in [4.69, 9.17) is 20.4 Å². The number of piperazine rings is 1. The molecule has 1 aliphatic heterocycles. The van der Waals surface area contributed by atoms with Gasteiger partial charge in [0.1, 0.15) is 6.07 Å². The number of sulfone groups is 1. The van der Waals surface area contributed by atoms with Crippen molar-refractivity contribution in [1.82, 2.24) is 9.88 Å². The summed E-state index contributed by atoms with van der Waals surface area (Å²) < 4.78 is 34.6. The number of halogens is 1. The second-order valence-electron chi connectivity index (χ2n) is 7.49. The number of oxazole rings is 1. The number of carbonyl (C=O) groups excluding carboxylic acids is 1. The number of rotatable bonds is 6. The van der Waals surface area contributed by atoms with Gasteiger partial charge in [-0.2, -0.15) is 10.2 Å². The lowest BCUT2D eigenvalue weighted by Crippen LogP contribution is -2.48. The predicted octanol–water partition coefficient (Wildman–Crippen LogP) is 2.62. The minimum absolute atomic E-state index is 0.0742. The third kappa shape index (κ3) is 5.19. The van der Waals surface area contributed by atoms with Crippen molar-refractivity contribution in [3.05, 3.63) is 47.3 Å². The number of benzene rings is 1. The van der Waals surface area contributed by atoms with E-state index in [1.54, 1.807) is 12.1 Å². The highest BCUT2D eigenvalue weighted by Gasteiger charge is 2.26. The van der Waals surface area contributed by atoms with E-state index in [9.17, 15) is 18.5 Å². The van der Waals surface area contributed by atoms with Crippen molar-refractivity contribution in [2.75, 3.05) is 49.2 Å². The third-order valence-electron chi connectivity index (χ3n) is 5.11. The van der Waals surface area contributed by atoms with Crippen LogP contribution in [0.4, 0.5) is 11.6 Å². The summed E-state index contributed by atoms with van der Waals surface area (Å²) in [6, 6.07) is 9.63. The van der Waals surface area contributed by atoms with Gasteiger partial charge in [0.2, 0.25) is 17.5 Å². The zero-order valence-electron chi connectivity index (χ0n) is 17.6. The van der Waals surface area contributed by atoms with Gasteiger partial charge in [-0.05, 0) is 30.3 Å². The Morgan fingerprint density at radius 1 is 1.27 bits per heavy atom. The van der Waals surface area contributed by atoms with Crippen LogP contribution in [0.1, 0.15) is 5.69 Å². The summed E-state index contributed by atoms with van der Waals surface area (Å²) >= 11 is 6.11. The Kier molecular flexibility index (Phi) is 6.42. The number of furan rings is 1. The zero-order valence-corrected chi connectivity index (χ0v) is 19.2. The van der Waals surface area contributed by atoms with Crippen LogP contribution in [0.25, 0.3) is 11.7 Å². The molecule has 0 spiro atoms. The van der Waals surface area contributed by atoms with Crippen LogP contribution in [0, 0.1) is 11.3 Å². The molecule has 0 bridgehead atoms. The standard InChI is InChI=1S/C21H20ClN5O5S/c1-33(29,30)14-4-5-15(22)16(11-14)24-19(28)13-26-6-8-27(9-7-26)21-17(12-23)25-20(32-21)18-3-2-10-31-18/h2-5,10-11H,6-9,13H2,1H3,(H,24,28). The number of hydrogen-bond acceptors (Lipinski definition) is 9. The van der Waals surface area contributed by atoms with E-state index in [0.29, 0.717) is 37.8 Å². The van der Waals surface area contributed by atoms with Crippen LogP contribution in [-0.2, 0) is 14.6 Å². The molecule has 33 heavy (non-hydrogen) atoms. The van der Waals surface area contributed by atoms with Crippen molar-refractivity contribution in [3.8, 4) is 17.7 Å². The van der Waals surface area contributed by atoms with Gasteiger partial charge in [-0.1, -0.05) is 11.6 Å². The molecule has 2 aromatic heterocycles. The molecule has 4 rings (SSSR count). The minimum Gasteiger partial charge on any atom is -0.459 e. The number of nitriles is 1. The molecule has 3 aromatic rings. The van der Waals surface area contributed by atoms with E-state index in [2.05, 4.69) is 10.3 Å². The highest BCUT2D eigenvalue weighted by molar-refractivity contribution is 7.90. The fraction of sp³-hybridized carbons (Fsp3) is 0.286. The average molecular weight is 490 g/mol. The van der Waals surface area contributed by atoms with Gasteiger partial charge in [0.15, 0.2) is 15.6 Å². The molecule has 1 aromatic carbocycles. The molecule has 1 N–H and O–H groups in total. The molecule has 172 valence electrons. The Hall–Kier alpha value is -3.33. The highest BCUT2D eigenvalue weighted by Crippen LogP contribution is 2.29. The van der Waals surface area contributed by atoms with Crippen molar-refractivity contribution in [2.24, 2.45) is 0 Å². The highest BCUT2D eigenvalue weighted by atomic mass is 35.5. The van der Waals surface area contributed by atoms with Crippen LogP contribution >= 0.6 is 11.6 Å². The SMILES string of the molecule is CS(=O)(=O)c1ccc(Cl)c(NC(=O)CN2CCN(c3oc(-c4ccco4)nc3C#N)CC2)c1. The first-order valence-corrected chi connectivity index (χ1v) is 12.2. The molecule has 3 heterocycles. The molecular formula is C21H20ClN5O5S. The summed E-state index contributed by atoms with van der Waals surface area (Å²) in [7, 11) is -3.42. The molecule has 0 atom stereocenters. The van der Waals surface area contributed by atoms with Crippen LogP contribution in [-0.4, -0.2) is 63.2 Å². The van der Waals surface area contributed by atoms with Crippen molar-refractivity contribution >= 4 is 38.9 Å². The maximum Gasteiger partial charge on any atom is 0.266 e. The number of anilines is 2. The van der Waals surface area contributed by atoms with Gasteiger partial charge in [-0.25, -0.2) is 8.42 Å². The zero-order chi connectivity index (χ0) is 23.6. The van der Waals surface area contributed by atoms with Gasteiger partial charge in [-0.15, -0.1) is 0 Å². The molecule has 0 radical (unpaired) electrons. The first kappa shape index (κ1) is 22.8. The monoisotopic (exact) mass is 489 g/mol. The smallest absolute Gasteiger partial charge is 0.266 e. The fourth-order valence-corrected chi connectivity index (χ4v) is 4.25. The summed E-state index contributed by atoms with van der Waals surface area (Å²) in [5, 5.41) is 12.4. The summed E-state index contributed by atoms with van der Waals surface area (Å²) in [5.74, 6) is 0.735. The quantitative estimate of drug-likeness (QED) is 0.554. The van der Waals surface area contributed by atoms with Gasteiger partial charge < -0.3 is 19.1 Å². The largest absolute Gasteiger partial charge is 0.459 e. The average Bonchev–Trinajstić information content (AvgIpc) is 3.45. The summed E-state index contributed by atoms with van der Waals surface area (Å²) in [6.07, 6.45) is 2.59. The van der Waals surface area contributed by atoms with Gasteiger partial charge in [0.05, 0.1) is 28.4 Å². The van der Waals surface area contributed by atoms with Gasteiger partial charge >= 0.3 is 0 Å². The molecule has 1 amide bonds. The normalized spacial score (nSPS) is 14.8. The minimum atomic E-state index is -3.42. The molecule has 0 unspecified atom stereocenters. The molecule has 0 saturated carbocycles. The molecule has 1 fully saturated rings. The van der Waals surface area contributed by atoms with Crippen LogP contribution in [0.2, 0.25) is 5.02 Å². The maximum atomic E-state index is 12.5. The van der Waals surface area contributed by atoms with Gasteiger partial charge in [0, 0.05) is 32.4 Å². The molecular weight excluding hydrogens is 470 g/mol. The summed E-state index contributed by atoms with van der Waals surface area (Å²) in [5.41, 5.74) is 0.419. The number of nitrogens with zero attached hydrogens (tertiary/aromatic N) is 4. The van der Waals surface area contributed by atoms with Crippen molar-refractivity contribution in [2.45, 2.75) is 4.90 Å². The molecule has 12 heteroatoms. The Morgan fingerprint density at radius 3 is 2.67 bits per heavy atom. The van der Waals surface area contributed by atoms with Gasteiger partial charge in [0.25, 0.3) is 5.89 Å². The molecule has 1 aliphatic rings. The fourth-order valence-electron chi connectivity index (χ4n) is 3.44. The number of amides is 1. The topological polar surface area (TPSA) is 133 Å². The number of aromatic nitrogens is 1. The van der Waals surface area contributed by atoms with E-state index < -0.39 is 9.84 Å². The predicted molar refractivity (Wildman–Crippen MR) is 121 cm³/mol. The van der Waals surface area contributed by atoms with E-state index in [1.165, 1.54) is 24.5 Å². The van der Waals surface area contributed by atoms with Crippen LogP contribution in [0.5, 0.6) is 0 Å². The van der Waals surface area contributed by atoms with E-state index in [1.807, 2.05) is 15.9 Å². The Morgan fingerprint density at radius 2 is 2.03 bits per heavy atom. The van der Waals surface area contributed by atoms with Crippen LogP contribution in [0.3, 0.4) is 0 Å². The number of hydrogen-bond donors (Lipinski definition) is 1. The second-order valence-corrected chi connectivity index (χ2v) is 9.91. The molecule has 10 nitrogen and oxygen atoms in total. The first-order chi connectivity index (χ1) is 15.7. The van der Waals surface area contributed by atoms with Crippen LogP contribution < -0.4 is 10.2 Å². The molecule has 1 saturated heterocycles. The Balaban J connectivity index is 1.37. The van der Waals surface area contributed by atoms with Crippen molar-refractivity contribution in [3.63, 3.8) is 0 Å². The van der Waals surface area contributed by atoms with Crippen molar-refractivity contribution < 1.29 is 22.0 Å². The second kappa shape index (κ2) is 9.27. The summed E-state index contributed by atoms with van der Waals surface area (Å²) in [4.78, 5) is 20.6. The molecule has 0 aliphatic carbocycles. The van der Waals surface area contributed by atoms with Crippen LogP contribution in [0.15, 0.2) is 50.3 Å². The summed E-state index contributed by atoms with van der Waals surface area (Å²) in [6.45, 7) is 2.25. The third-order valence-corrected chi connectivity index (χ3v) is 6.55. The van der Waals surface area contributed by atoms with E-state index in [-0.39, 0.29) is 39.6 Å². The van der Waals surface area contributed by atoms with Gasteiger partial charge in [-0.3, -0.25) is 9.69 Å². The lowest BCUT2D eigenvalue weighted by molar-refractivity contribution is -0.117. The number of nitrogens with one attached hydrogen (secondary N) is 1. The Bertz CT molecular complexity index is 1310. The number of carbonyl (C=O) groups is 1. The lowest BCUT2D eigenvalue weighted by atomic mass is 10.3.